The molecule has 20 heavy (non-hydrogen) atoms. The zero-order valence-corrected chi connectivity index (χ0v) is 12.7. The Morgan fingerprint density at radius 1 is 1.30 bits per heavy atom. The van der Waals surface area contributed by atoms with E-state index in [0.29, 0.717) is 10.7 Å². The number of nitrogen functional groups attached to an aromatic ring is 1. The van der Waals surface area contributed by atoms with Crippen LogP contribution in [0, 0.1) is 0 Å². The lowest BCUT2D eigenvalue weighted by Gasteiger charge is -2.06. The summed E-state index contributed by atoms with van der Waals surface area (Å²) in [5.74, 6) is -0.291. The molecule has 0 bridgehead atoms. The number of aromatic nitrogens is 1. The first-order chi connectivity index (χ1) is 9.54. The van der Waals surface area contributed by atoms with Crippen LogP contribution in [0.1, 0.15) is 27.3 Å². The molecule has 0 saturated carbocycles. The van der Waals surface area contributed by atoms with E-state index >= 15 is 0 Å². The van der Waals surface area contributed by atoms with Crippen molar-refractivity contribution in [2.24, 2.45) is 0 Å². The van der Waals surface area contributed by atoms with Crippen LogP contribution in [0.3, 0.4) is 0 Å². The number of benzene rings is 1. The van der Waals surface area contributed by atoms with Crippen molar-refractivity contribution >= 4 is 51.3 Å². The summed E-state index contributed by atoms with van der Waals surface area (Å²) in [7, 11) is 0. The molecule has 0 atom stereocenters. The highest BCUT2D eigenvalue weighted by atomic mass is 35.5. The minimum Gasteiger partial charge on any atom is -0.396 e. The molecule has 7 heteroatoms. The van der Waals surface area contributed by atoms with E-state index in [0.717, 1.165) is 25.0 Å². The second kappa shape index (κ2) is 5.24. The summed E-state index contributed by atoms with van der Waals surface area (Å²) in [6.45, 7) is 0. The maximum Gasteiger partial charge on any atom is 0.257 e. The first-order valence-corrected chi connectivity index (χ1v) is 7.66. The number of hydrogen-bond acceptors (Lipinski definition) is 4. The Morgan fingerprint density at radius 3 is 2.65 bits per heavy atom. The van der Waals surface area contributed by atoms with E-state index in [1.165, 1.54) is 28.3 Å². The first-order valence-electron chi connectivity index (χ1n) is 6.09. The van der Waals surface area contributed by atoms with Gasteiger partial charge in [-0.25, -0.2) is 4.98 Å². The van der Waals surface area contributed by atoms with Crippen molar-refractivity contribution in [1.82, 2.24) is 4.98 Å². The largest absolute Gasteiger partial charge is 0.396 e. The van der Waals surface area contributed by atoms with Gasteiger partial charge in [0.2, 0.25) is 0 Å². The lowest BCUT2D eigenvalue weighted by Crippen LogP contribution is -2.12. The zero-order valence-electron chi connectivity index (χ0n) is 10.4. The quantitative estimate of drug-likeness (QED) is 0.825. The van der Waals surface area contributed by atoms with Crippen molar-refractivity contribution in [3.63, 3.8) is 0 Å². The maximum absolute atomic E-state index is 12.2. The number of hydrogen-bond donors (Lipinski definition) is 2. The molecular formula is C13H11Cl2N3OS. The molecule has 3 N–H and O–H groups in total. The molecule has 1 aliphatic rings. The number of fused-ring (bicyclic) bond motifs is 1. The number of carbonyl (C=O) groups is 1. The highest BCUT2D eigenvalue weighted by Crippen LogP contribution is 2.32. The molecule has 3 rings (SSSR count). The summed E-state index contributed by atoms with van der Waals surface area (Å²) < 4.78 is 0. The van der Waals surface area contributed by atoms with Gasteiger partial charge in [-0.3, -0.25) is 10.1 Å². The van der Waals surface area contributed by atoms with Gasteiger partial charge < -0.3 is 5.73 Å². The number of halogens is 2. The van der Waals surface area contributed by atoms with Crippen molar-refractivity contribution < 1.29 is 4.79 Å². The number of thiazole rings is 1. The van der Waals surface area contributed by atoms with E-state index in [2.05, 4.69) is 10.3 Å². The standard InChI is InChI=1S/C13H11Cl2N3OS/c14-7-4-6(5-8(15)11(7)16)12(19)18-13-17-9-2-1-3-10(9)20-13/h4-5H,1-3,16H2,(H,17,18,19). The molecule has 1 aliphatic carbocycles. The van der Waals surface area contributed by atoms with Crippen molar-refractivity contribution in [2.75, 3.05) is 11.1 Å². The second-order valence-electron chi connectivity index (χ2n) is 4.55. The van der Waals surface area contributed by atoms with E-state index < -0.39 is 0 Å². The Kier molecular flexibility index (Phi) is 3.58. The summed E-state index contributed by atoms with van der Waals surface area (Å²) in [5, 5.41) is 3.92. The van der Waals surface area contributed by atoms with Gasteiger partial charge in [0.05, 0.1) is 21.4 Å². The van der Waals surface area contributed by atoms with Crippen molar-refractivity contribution in [3.05, 3.63) is 38.3 Å². The molecule has 0 spiro atoms. The minimum atomic E-state index is -0.291. The van der Waals surface area contributed by atoms with E-state index in [9.17, 15) is 4.79 Å². The number of amides is 1. The molecule has 0 unspecified atom stereocenters. The van der Waals surface area contributed by atoms with E-state index in [-0.39, 0.29) is 21.6 Å². The average Bonchev–Trinajstić information content (AvgIpc) is 2.96. The van der Waals surface area contributed by atoms with Gasteiger partial charge in [0.25, 0.3) is 5.91 Å². The number of nitrogens with one attached hydrogen (secondary N) is 1. The Bertz CT molecular complexity index is 654. The van der Waals surface area contributed by atoms with Crippen molar-refractivity contribution in [3.8, 4) is 0 Å². The van der Waals surface area contributed by atoms with Gasteiger partial charge in [-0.2, -0.15) is 0 Å². The van der Waals surface area contributed by atoms with Crippen molar-refractivity contribution in [1.29, 1.82) is 0 Å². The van der Waals surface area contributed by atoms with Gasteiger partial charge in [0, 0.05) is 10.4 Å². The van der Waals surface area contributed by atoms with Crippen LogP contribution >= 0.6 is 34.5 Å². The Morgan fingerprint density at radius 2 is 2.00 bits per heavy atom. The van der Waals surface area contributed by atoms with Crippen LogP contribution < -0.4 is 11.1 Å². The third-order valence-corrected chi connectivity index (χ3v) is 4.86. The lowest BCUT2D eigenvalue weighted by atomic mass is 10.2. The summed E-state index contributed by atoms with van der Waals surface area (Å²) in [5.41, 5.74) is 7.38. The predicted octanol–water partition coefficient (Wildman–Crippen LogP) is 3.77. The molecule has 1 aromatic carbocycles. The smallest absolute Gasteiger partial charge is 0.257 e. The summed E-state index contributed by atoms with van der Waals surface area (Å²) in [6.07, 6.45) is 3.18. The van der Waals surface area contributed by atoms with Gasteiger partial charge >= 0.3 is 0 Å². The third-order valence-electron chi connectivity index (χ3n) is 3.16. The van der Waals surface area contributed by atoms with Gasteiger partial charge in [-0.15, -0.1) is 11.3 Å². The normalized spacial score (nSPS) is 13.3. The highest BCUT2D eigenvalue weighted by Gasteiger charge is 2.18. The lowest BCUT2D eigenvalue weighted by molar-refractivity contribution is 0.102. The summed E-state index contributed by atoms with van der Waals surface area (Å²) in [4.78, 5) is 17.8. The molecule has 1 heterocycles. The molecule has 0 aliphatic heterocycles. The van der Waals surface area contributed by atoms with Gasteiger partial charge in [0.1, 0.15) is 0 Å². The van der Waals surface area contributed by atoms with Gasteiger partial charge in [0.15, 0.2) is 5.13 Å². The molecule has 1 aromatic heterocycles. The number of rotatable bonds is 2. The molecule has 2 aromatic rings. The summed E-state index contributed by atoms with van der Waals surface area (Å²) in [6, 6.07) is 3.00. The number of anilines is 2. The number of carbonyl (C=O) groups excluding carboxylic acids is 1. The van der Waals surface area contributed by atoms with Crippen LogP contribution in [-0.4, -0.2) is 10.9 Å². The molecule has 0 radical (unpaired) electrons. The number of aryl methyl sites for hydroxylation is 2. The third kappa shape index (κ3) is 2.49. The monoisotopic (exact) mass is 327 g/mol. The number of nitrogens with two attached hydrogens (primary N) is 1. The van der Waals surface area contributed by atoms with E-state index in [1.807, 2.05) is 0 Å². The predicted molar refractivity (Wildman–Crippen MR) is 83.0 cm³/mol. The van der Waals surface area contributed by atoms with Crippen LogP contribution in [-0.2, 0) is 12.8 Å². The van der Waals surface area contributed by atoms with E-state index in [4.69, 9.17) is 28.9 Å². The van der Waals surface area contributed by atoms with Gasteiger partial charge in [-0.05, 0) is 31.4 Å². The van der Waals surface area contributed by atoms with E-state index in [1.54, 1.807) is 0 Å². The first kappa shape index (κ1) is 13.7. The SMILES string of the molecule is Nc1c(Cl)cc(C(=O)Nc2nc3c(s2)CCC3)cc1Cl. The van der Waals surface area contributed by atoms with Crippen LogP contribution in [0.15, 0.2) is 12.1 Å². The fraction of sp³-hybridized carbons (Fsp3) is 0.231. The van der Waals surface area contributed by atoms with Crippen LogP contribution in [0.5, 0.6) is 0 Å². The van der Waals surface area contributed by atoms with Crippen LogP contribution in [0.25, 0.3) is 0 Å². The average molecular weight is 328 g/mol. The summed E-state index contributed by atoms with van der Waals surface area (Å²) >= 11 is 13.4. The Balaban J connectivity index is 1.82. The highest BCUT2D eigenvalue weighted by molar-refractivity contribution is 7.16. The van der Waals surface area contributed by atoms with Crippen LogP contribution in [0.2, 0.25) is 10.0 Å². The zero-order chi connectivity index (χ0) is 14.3. The fourth-order valence-corrected chi connectivity index (χ4v) is 3.66. The molecule has 0 fully saturated rings. The molecular weight excluding hydrogens is 317 g/mol. The maximum atomic E-state index is 12.2. The van der Waals surface area contributed by atoms with Crippen LogP contribution in [0.4, 0.5) is 10.8 Å². The second-order valence-corrected chi connectivity index (χ2v) is 6.45. The minimum absolute atomic E-state index is 0.268. The molecule has 1 amide bonds. The Labute approximate surface area is 129 Å². The van der Waals surface area contributed by atoms with Crippen molar-refractivity contribution in [2.45, 2.75) is 19.3 Å². The fourth-order valence-electron chi connectivity index (χ4n) is 2.13. The topological polar surface area (TPSA) is 68.0 Å². The number of nitrogens with zero attached hydrogens (tertiary/aromatic N) is 1. The molecule has 0 saturated heterocycles. The van der Waals surface area contributed by atoms with Gasteiger partial charge in [-0.1, -0.05) is 23.2 Å². The Hall–Kier alpha value is -1.30. The molecule has 104 valence electrons. The molecule has 4 nitrogen and oxygen atoms in total.